The Bertz CT molecular complexity index is 47.0. The number of rotatable bonds is 2. The molecule has 0 aliphatic rings. The zero-order valence-electron chi connectivity index (χ0n) is 4.20. The average Bonchev–Trinajstić information content (AvgIpc) is 1.65. The van der Waals surface area contributed by atoms with Crippen molar-refractivity contribution >= 4 is 0 Å². The molecule has 0 aliphatic heterocycles. The molecule has 0 aromatic carbocycles. The third kappa shape index (κ3) is 2.51. The highest BCUT2D eigenvalue weighted by molar-refractivity contribution is 4.58. The van der Waals surface area contributed by atoms with E-state index in [0.717, 1.165) is 0 Å². The molecule has 3 heteroatoms. The van der Waals surface area contributed by atoms with Crippen molar-refractivity contribution in [3.05, 3.63) is 0 Å². The molecule has 0 fully saturated rings. The van der Waals surface area contributed by atoms with Crippen LogP contribution in [-0.2, 0) is 0 Å². The molecule has 0 aromatic heterocycles. The topological polar surface area (TPSA) is 26.0 Å². The average molecular weight is 109 g/mol. The summed E-state index contributed by atoms with van der Waals surface area (Å²) in [5.74, 6) is 0. The van der Waals surface area contributed by atoms with E-state index in [4.69, 9.17) is 5.73 Å². The lowest BCUT2D eigenvalue weighted by molar-refractivity contribution is 0.114. The Kier molecular flexibility index (Phi) is 2.83. The fourth-order valence-electron chi connectivity index (χ4n) is 0.178. The van der Waals surface area contributed by atoms with Crippen LogP contribution in [0.4, 0.5) is 8.78 Å². The molecule has 0 aromatic rings. The first-order valence-corrected chi connectivity index (χ1v) is 2.22. The Morgan fingerprint density at radius 1 is 1.57 bits per heavy atom. The van der Waals surface area contributed by atoms with Gasteiger partial charge in [-0.2, -0.15) is 0 Å². The van der Waals surface area contributed by atoms with Crippen LogP contribution in [0.1, 0.15) is 13.3 Å². The van der Waals surface area contributed by atoms with Gasteiger partial charge in [0.15, 0.2) is 0 Å². The van der Waals surface area contributed by atoms with E-state index < -0.39 is 12.5 Å². The van der Waals surface area contributed by atoms with Crippen molar-refractivity contribution in [3.8, 4) is 0 Å². The normalized spacial score (nSPS) is 15.0. The minimum atomic E-state index is -2.36. The maximum absolute atomic E-state index is 11.3. The molecule has 2 N–H and O–H groups in total. The van der Waals surface area contributed by atoms with Gasteiger partial charge in [0.05, 0.1) is 6.04 Å². The van der Waals surface area contributed by atoms with Gasteiger partial charge in [-0.05, 0) is 6.42 Å². The van der Waals surface area contributed by atoms with Gasteiger partial charge in [-0.3, -0.25) is 0 Å². The van der Waals surface area contributed by atoms with Gasteiger partial charge in [-0.15, -0.1) is 0 Å². The number of nitrogens with two attached hydrogens (primary N) is 1. The third-order valence-corrected chi connectivity index (χ3v) is 0.795. The van der Waals surface area contributed by atoms with Crippen molar-refractivity contribution in [3.63, 3.8) is 0 Å². The first-order chi connectivity index (χ1) is 3.18. The van der Waals surface area contributed by atoms with Crippen LogP contribution in [0.15, 0.2) is 0 Å². The lowest BCUT2D eigenvalue weighted by Gasteiger charge is -2.03. The van der Waals surface area contributed by atoms with Crippen molar-refractivity contribution in [2.45, 2.75) is 25.8 Å². The summed E-state index contributed by atoms with van der Waals surface area (Å²) in [5.41, 5.74) is 4.87. The van der Waals surface area contributed by atoms with Crippen molar-refractivity contribution in [1.29, 1.82) is 0 Å². The van der Waals surface area contributed by atoms with E-state index in [1.54, 1.807) is 6.92 Å². The van der Waals surface area contributed by atoms with E-state index in [1.165, 1.54) is 0 Å². The predicted molar refractivity (Wildman–Crippen MR) is 24.3 cm³/mol. The van der Waals surface area contributed by atoms with E-state index in [0.29, 0.717) is 6.42 Å². The summed E-state index contributed by atoms with van der Waals surface area (Å²) in [4.78, 5) is 0. The van der Waals surface area contributed by atoms with Gasteiger partial charge >= 0.3 is 0 Å². The van der Waals surface area contributed by atoms with Gasteiger partial charge in [-0.1, -0.05) is 6.92 Å². The fraction of sp³-hybridized carbons (Fsp3) is 1.00. The van der Waals surface area contributed by atoms with Gasteiger partial charge < -0.3 is 5.73 Å². The summed E-state index contributed by atoms with van der Waals surface area (Å²) in [6.45, 7) is 1.64. The molecule has 1 atom stereocenters. The molecule has 0 bridgehead atoms. The van der Waals surface area contributed by atoms with Crippen LogP contribution in [0.3, 0.4) is 0 Å². The highest BCUT2D eigenvalue weighted by atomic mass is 19.3. The molecule has 0 aliphatic carbocycles. The Morgan fingerprint density at radius 3 is 2.00 bits per heavy atom. The molecule has 0 radical (unpaired) electrons. The quantitative estimate of drug-likeness (QED) is 0.562. The van der Waals surface area contributed by atoms with Crippen LogP contribution in [-0.4, -0.2) is 12.5 Å². The summed E-state index contributed by atoms with van der Waals surface area (Å²) >= 11 is 0. The largest absolute Gasteiger partial charge is 0.323 e. The second kappa shape index (κ2) is 2.91. The first kappa shape index (κ1) is 6.82. The van der Waals surface area contributed by atoms with Crippen molar-refractivity contribution < 1.29 is 8.78 Å². The molecular weight excluding hydrogens is 100 g/mol. The highest BCUT2D eigenvalue weighted by Gasteiger charge is 2.10. The SMILES string of the molecule is CC[C@@H](N)C(F)F. The number of hydrogen-bond donors (Lipinski definition) is 1. The summed E-state index contributed by atoms with van der Waals surface area (Å²) in [7, 11) is 0. The molecule has 1 nitrogen and oxygen atoms in total. The van der Waals surface area contributed by atoms with E-state index in [9.17, 15) is 8.78 Å². The molecule has 0 saturated carbocycles. The molecule has 0 heterocycles. The van der Waals surface area contributed by atoms with Crippen molar-refractivity contribution in [2.24, 2.45) is 5.73 Å². The lowest BCUT2D eigenvalue weighted by atomic mass is 10.3. The Balaban J connectivity index is 3.14. The standard InChI is InChI=1S/C4H9F2N/c1-2-3(7)4(5)6/h3-4H,2,7H2,1H3/t3-/m1/s1. The van der Waals surface area contributed by atoms with E-state index in [1.807, 2.05) is 0 Å². The van der Waals surface area contributed by atoms with Crippen LogP contribution < -0.4 is 5.73 Å². The molecular formula is C4H9F2N. The molecule has 0 spiro atoms. The Hall–Kier alpha value is -0.180. The smallest absolute Gasteiger partial charge is 0.253 e. The second-order valence-corrected chi connectivity index (χ2v) is 1.41. The molecule has 0 amide bonds. The van der Waals surface area contributed by atoms with Gasteiger partial charge in [0.1, 0.15) is 0 Å². The Morgan fingerprint density at radius 2 is 2.00 bits per heavy atom. The van der Waals surface area contributed by atoms with Crippen molar-refractivity contribution in [2.75, 3.05) is 0 Å². The van der Waals surface area contributed by atoms with E-state index in [-0.39, 0.29) is 0 Å². The molecule has 0 saturated heterocycles. The van der Waals surface area contributed by atoms with E-state index >= 15 is 0 Å². The van der Waals surface area contributed by atoms with Gasteiger partial charge in [0, 0.05) is 0 Å². The highest BCUT2D eigenvalue weighted by Crippen LogP contribution is 1.99. The third-order valence-electron chi connectivity index (χ3n) is 0.795. The number of hydrogen-bond acceptors (Lipinski definition) is 1. The van der Waals surface area contributed by atoms with Crippen molar-refractivity contribution in [1.82, 2.24) is 0 Å². The summed E-state index contributed by atoms with van der Waals surface area (Å²) in [6, 6.07) is -0.931. The predicted octanol–water partition coefficient (Wildman–Crippen LogP) is 0.989. The lowest BCUT2D eigenvalue weighted by Crippen LogP contribution is -2.27. The number of halogens is 2. The fourth-order valence-corrected chi connectivity index (χ4v) is 0.178. The molecule has 0 unspecified atom stereocenters. The second-order valence-electron chi connectivity index (χ2n) is 1.41. The first-order valence-electron chi connectivity index (χ1n) is 2.22. The zero-order valence-corrected chi connectivity index (χ0v) is 4.20. The Labute approximate surface area is 41.5 Å². The maximum Gasteiger partial charge on any atom is 0.253 e. The molecule has 44 valence electrons. The zero-order chi connectivity index (χ0) is 5.86. The summed E-state index contributed by atoms with van der Waals surface area (Å²) < 4.78 is 22.6. The van der Waals surface area contributed by atoms with Crippen LogP contribution in [0.5, 0.6) is 0 Å². The maximum atomic E-state index is 11.3. The minimum absolute atomic E-state index is 0.345. The van der Waals surface area contributed by atoms with Gasteiger partial charge in [-0.25, -0.2) is 8.78 Å². The van der Waals surface area contributed by atoms with Crippen LogP contribution in [0, 0.1) is 0 Å². The van der Waals surface area contributed by atoms with Crippen LogP contribution >= 0.6 is 0 Å². The molecule has 0 rings (SSSR count). The van der Waals surface area contributed by atoms with E-state index in [2.05, 4.69) is 0 Å². The molecule has 7 heavy (non-hydrogen) atoms. The monoisotopic (exact) mass is 109 g/mol. The van der Waals surface area contributed by atoms with Gasteiger partial charge in [0.2, 0.25) is 0 Å². The van der Waals surface area contributed by atoms with Crippen LogP contribution in [0.25, 0.3) is 0 Å². The number of alkyl halides is 2. The van der Waals surface area contributed by atoms with Crippen LogP contribution in [0.2, 0.25) is 0 Å². The summed E-state index contributed by atoms with van der Waals surface area (Å²) in [6.07, 6.45) is -2.01. The minimum Gasteiger partial charge on any atom is -0.323 e. The summed E-state index contributed by atoms with van der Waals surface area (Å²) in [5, 5.41) is 0. The van der Waals surface area contributed by atoms with Gasteiger partial charge in [0.25, 0.3) is 6.43 Å².